The lowest BCUT2D eigenvalue weighted by molar-refractivity contribution is -0.384. The number of nitriles is 1. The number of carbonyl (C=O) groups excluding carboxylic acids is 2. The summed E-state index contributed by atoms with van der Waals surface area (Å²) in [6.07, 6.45) is 1.30. The average molecular weight is 512 g/mol. The Morgan fingerprint density at radius 1 is 1.03 bits per heavy atom. The minimum atomic E-state index is -0.819. The van der Waals surface area contributed by atoms with E-state index in [1.54, 1.807) is 42.5 Å². The smallest absolute Gasteiger partial charge is 0.343 e. The number of hydrogen-bond donors (Lipinski definition) is 1. The van der Waals surface area contributed by atoms with Crippen molar-refractivity contribution in [1.29, 1.82) is 5.26 Å². The first-order valence-electron chi connectivity index (χ1n) is 9.74. The number of ether oxygens (including phenoxy) is 2. The van der Waals surface area contributed by atoms with E-state index in [1.165, 1.54) is 25.3 Å². The summed E-state index contributed by atoms with van der Waals surface area (Å²) in [7, 11) is 1.52. The Kier molecular flexibility index (Phi) is 8.04. The van der Waals surface area contributed by atoms with E-state index in [0.29, 0.717) is 16.9 Å². The van der Waals surface area contributed by atoms with Crippen LogP contribution in [-0.2, 0) is 4.79 Å². The monoisotopic (exact) mass is 511 g/mol. The molecule has 35 heavy (non-hydrogen) atoms. The molecule has 0 aliphatic heterocycles. The molecule has 0 aromatic heterocycles. The van der Waals surface area contributed by atoms with Gasteiger partial charge >= 0.3 is 5.97 Å². The Labute approximate surface area is 209 Å². The second-order valence-corrected chi connectivity index (χ2v) is 7.67. The van der Waals surface area contributed by atoms with E-state index in [2.05, 4.69) is 5.32 Å². The maximum Gasteiger partial charge on any atom is 0.343 e. The molecule has 9 nitrogen and oxygen atoms in total. The zero-order chi connectivity index (χ0) is 25.5. The van der Waals surface area contributed by atoms with Gasteiger partial charge in [-0.3, -0.25) is 14.9 Å². The molecule has 0 spiro atoms. The molecule has 0 unspecified atom stereocenters. The maximum absolute atomic E-state index is 12.6. The summed E-state index contributed by atoms with van der Waals surface area (Å²) in [4.78, 5) is 35.0. The molecule has 0 atom stereocenters. The fourth-order valence-corrected chi connectivity index (χ4v) is 3.38. The van der Waals surface area contributed by atoms with E-state index in [-0.39, 0.29) is 32.7 Å². The van der Waals surface area contributed by atoms with Crippen molar-refractivity contribution in [2.24, 2.45) is 0 Å². The van der Waals surface area contributed by atoms with Crippen molar-refractivity contribution in [3.63, 3.8) is 0 Å². The molecule has 0 aliphatic carbocycles. The van der Waals surface area contributed by atoms with Gasteiger partial charge < -0.3 is 14.8 Å². The van der Waals surface area contributed by atoms with Crippen LogP contribution in [0.1, 0.15) is 15.9 Å². The van der Waals surface area contributed by atoms with E-state index in [9.17, 15) is 25.0 Å². The predicted octanol–water partition coefficient (Wildman–Crippen LogP) is 5.68. The van der Waals surface area contributed by atoms with Crippen LogP contribution in [0.15, 0.2) is 66.2 Å². The van der Waals surface area contributed by atoms with Crippen LogP contribution in [0.25, 0.3) is 6.08 Å². The van der Waals surface area contributed by atoms with Gasteiger partial charge in [-0.15, -0.1) is 0 Å². The van der Waals surface area contributed by atoms with Gasteiger partial charge in [0.05, 0.1) is 33.3 Å². The minimum Gasteiger partial charge on any atom is -0.497 e. The molecule has 3 rings (SSSR count). The van der Waals surface area contributed by atoms with Crippen LogP contribution >= 0.6 is 23.2 Å². The Morgan fingerprint density at radius 3 is 2.11 bits per heavy atom. The summed E-state index contributed by atoms with van der Waals surface area (Å²) in [5.74, 6) is -0.520. The maximum atomic E-state index is 12.6. The van der Waals surface area contributed by atoms with Gasteiger partial charge in [-0.05, 0) is 48.0 Å². The van der Waals surface area contributed by atoms with Crippen molar-refractivity contribution in [1.82, 2.24) is 0 Å². The van der Waals surface area contributed by atoms with Crippen LogP contribution in [0.3, 0.4) is 0 Å². The second-order valence-electron chi connectivity index (χ2n) is 6.85. The van der Waals surface area contributed by atoms with E-state index < -0.39 is 16.8 Å². The molecule has 0 radical (unpaired) electrons. The summed E-state index contributed by atoms with van der Waals surface area (Å²) in [6.45, 7) is 0. The van der Waals surface area contributed by atoms with E-state index in [0.717, 1.165) is 12.1 Å². The summed E-state index contributed by atoms with van der Waals surface area (Å²) in [6, 6.07) is 16.4. The van der Waals surface area contributed by atoms with E-state index >= 15 is 0 Å². The Hall–Kier alpha value is -4.39. The lowest BCUT2D eigenvalue weighted by Crippen LogP contribution is -2.14. The Balaban J connectivity index is 1.72. The number of amides is 1. The first kappa shape index (κ1) is 25.2. The van der Waals surface area contributed by atoms with Crippen LogP contribution in [0.2, 0.25) is 10.0 Å². The molecular formula is C24H15Cl2N3O6. The number of esters is 1. The second kappa shape index (κ2) is 11.2. The predicted molar refractivity (Wildman–Crippen MR) is 130 cm³/mol. The molecule has 0 heterocycles. The molecule has 3 aromatic carbocycles. The third-order valence-corrected chi connectivity index (χ3v) is 5.16. The van der Waals surface area contributed by atoms with Gasteiger partial charge in [-0.1, -0.05) is 35.3 Å². The summed E-state index contributed by atoms with van der Waals surface area (Å²) < 4.78 is 10.4. The number of carbonyl (C=O) groups is 2. The number of rotatable bonds is 7. The Bertz CT molecular complexity index is 1340. The van der Waals surface area contributed by atoms with Gasteiger partial charge in [0, 0.05) is 12.1 Å². The zero-order valence-electron chi connectivity index (χ0n) is 18.0. The summed E-state index contributed by atoms with van der Waals surface area (Å²) in [5.41, 5.74) is 0.120. The van der Waals surface area contributed by atoms with Crippen molar-refractivity contribution >= 4 is 52.5 Å². The standard InChI is InChI=1S/C24H15Cl2N3O6/c1-34-18-8-4-15(5-9-18)24(31)35-19-6-2-14(3-7-19)10-16(13-27)23(30)28-22-20(25)11-17(29(32)33)12-21(22)26/h2-12H,1H3,(H,28,30)/b16-10+. The number of nitrogens with zero attached hydrogens (tertiary/aromatic N) is 2. The molecular weight excluding hydrogens is 497 g/mol. The highest BCUT2D eigenvalue weighted by Gasteiger charge is 2.18. The average Bonchev–Trinajstić information content (AvgIpc) is 2.85. The van der Waals surface area contributed by atoms with Gasteiger partial charge in [0.25, 0.3) is 11.6 Å². The number of nitro groups is 1. The fourth-order valence-electron chi connectivity index (χ4n) is 2.81. The van der Waals surface area contributed by atoms with Crippen molar-refractivity contribution in [3.05, 3.63) is 97.5 Å². The zero-order valence-corrected chi connectivity index (χ0v) is 19.5. The molecule has 0 fully saturated rings. The molecule has 3 aromatic rings. The molecule has 0 saturated carbocycles. The lowest BCUT2D eigenvalue weighted by Gasteiger charge is -2.09. The molecule has 0 aliphatic rings. The normalized spacial score (nSPS) is 10.7. The molecule has 1 amide bonds. The van der Waals surface area contributed by atoms with Gasteiger partial charge in [-0.2, -0.15) is 5.26 Å². The number of nitrogens with one attached hydrogen (secondary N) is 1. The minimum absolute atomic E-state index is 0.0640. The van der Waals surface area contributed by atoms with Crippen molar-refractivity contribution < 1.29 is 24.0 Å². The third kappa shape index (κ3) is 6.35. The highest BCUT2D eigenvalue weighted by Crippen LogP contribution is 2.35. The van der Waals surface area contributed by atoms with Gasteiger partial charge in [0.1, 0.15) is 23.1 Å². The number of hydrogen-bond acceptors (Lipinski definition) is 7. The Morgan fingerprint density at radius 2 is 1.60 bits per heavy atom. The summed E-state index contributed by atoms with van der Waals surface area (Å²) >= 11 is 12.0. The number of nitro benzene ring substituents is 1. The number of benzene rings is 3. The highest BCUT2D eigenvalue weighted by molar-refractivity contribution is 6.40. The highest BCUT2D eigenvalue weighted by atomic mass is 35.5. The van der Waals surface area contributed by atoms with Crippen molar-refractivity contribution in [2.45, 2.75) is 0 Å². The van der Waals surface area contributed by atoms with Crippen LogP contribution in [0.4, 0.5) is 11.4 Å². The van der Waals surface area contributed by atoms with E-state index in [4.69, 9.17) is 32.7 Å². The first-order valence-corrected chi connectivity index (χ1v) is 10.5. The van der Waals surface area contributed by atoms with Crippen LogP contribution in [0.5, 0.6) is 11.5 Å². The molecule has 0 saturated heterocycles. The largest absolute Gasteiger partial charge is 0.497 e. The first-order chi connectivity index (χ1) is 16.7. The van der Waals surface area contributed by atoms with Gasteiger partial charge in [0.15, 0.2) is 0 Å². The van der Waals surface area contributed by atoms with Crippen LogP contribution < -0.4 is 14.8 Å². The quantitative estimate of drug-likeness (QED) is 0.108. The van der Waals surface area contributed by atoms with Gasteiger partial charge in [-0.25, -0.2) is 4.79 Å². The number of anilines is 1. The molecule has 0 bridgehead atoms. The topological polar surface area (TPSA) is 132 Å². The third-order valence-electron chi connectivity index (χ3n) is 4.57. The van der Waals surface area contributed by atoms with Crippen LogP contribution in [0, 0.1) is 21.4 Å². The number of methoxy groups -OCH3 is 1. The SMILES string of the molecule is COc1ccc(C(=O)Oc2ccc(/C=C(\C#N)C(=O)Nc3c(Cl)cc([N+](=O)[O-])cc3Cl)cc2)cc1. The van der Waals surface area contributed by atoms with Crippen molar-refractivity contribution in [2.75, 3.05) is 12.4 Å². The molecule has 1 N–H and O–H groups in total. The lowest BCUT2D eigenvalue weighted by atomic mass is 10.1. The number of halogens is 2. The van der Waals surface area contributed by atoms with Gasteiger partial charge in [0.2, 0.25) is 0 Å². The molecule has 11 heteroatoms. The van der Waals surface area contributed by atoms with E-state index in [1.807, 2.05) is 0 Å². The molecule has 176 valence electrons. The van der Waals surface area contributed by atoms with Crippen LogP contribution in [-0.4, -0.2) is 23.9 Å². The van der Waals surface area contributed by atoms with Crippen molar-refractivity contribution in [3.8, 4) is 17.6 Å². The number of non-ortho nitro benzene ring substituents is 1. The summed E-state index contributed by atoms with van der Waals surface area (Å²) in [5, 5.41) is 22.4. The fraction of sp³-hybridized carbons (Fsp3) is 0.0417.